The van der Waals surface area contributed by atoms with E-state index in [1.165, 1.54) is 12.8 Å². The molecule has 2 N–H and O–H groups in total. The first kappa shape index (κ1) is 17.6. The highest BCUT2D eigenvalue weighted by Gasteiger charge is 2.38. The number of quaternary nitrogens is 1. The van der Waals surface area contributed by atoms with Crippen molar-refractivity contribution in [1.29, 1.82) is 0 Å². The molecule has 4 heteroatoms. The first-order chi connectivity index (χ1) is 6.37. The quantitative estimate of drug-likeness (QED) is 0.323. The molecule has 0 heterocycles. The summed E-state index contributed by atoms with van der Waals surface area (Å²) in [7, 11) is 6.03. The molecule has 0 aromatic rings. The second-order valence-electron chi connectivity index (χ2n) is 4.82. The molecule has 0 aliphatic rings. The van der Waals surface area contributed by atoms with Crippen LogP contribution in [0.15, 0.2) is 0 Å². The molecule has 0 aromatic heterocycles. The van der Waals surface area contributed by atoms with Gasteiger partial charge in [-0.3, -0.25) is 4.48 Å². The van der Waals surface area contributed by atoms with Crippen molar-refractivity contribution in [2.45, 2.75) is 45.4 Å². The van der Waals surface area contributed by atoms with Crippen LogP contribution in [0.2, 0.25) is 0 Å². The summed E-state index contributed by atoms with van der Waals surface area (Å²) >= 11 is 0. The second-order valence-corrected chi connectivity index (χ2v) is 4.82. The van der Waals surface area contributed by atoms with Gasteiger partial charge in [0, 0.05) is 13.0 Å². The molecule has 0 saturated heterocycles. The Kier molecular flexibility index (Phi) is 8.72. The zero-order chi connectivity index (χ0) is 11.2. The predicted octanol–water partition coefficient (Wildman–Crippen LogP) is -1.47. The SMILES string of the molecule is CCCCCNC(O)(CC)[N+](C)(C)C.[Cl-]. The summed E-state index contributed by atoms with van der Waals surface area (Å²) in [5.74, 6) is -0.784. The zero-order valence-electron chi connectivity index (χ0n) is 10.8. The third-order valence-electron chi connectivity index (χ3n) is 2.79. The Balaban J connectivity index is 0. The highest BCUT2D eigenvalue weighted by molar-refractivity contribution is 4.62. The topological polar surface area (TPSA) is 32.3 Å². The highest BCUT2D eigenvalue weighted by Crippen LogP contribution is 2.15. The number of rotatable bonds is 7. The van der Waals surface area contributed by atoms with E-state index in [0.717, 1.165) is 19.4 Å². The van der Waals surface area contributed by atoms with Crippen LogP contribution in [0.4, 0.5) is 0 Å². The minimum atomic E-state index is -0.784. The van der Waals surface area contributed by atoms with Crippen LogP contribution in [0, 0.1) is 0 Å². The van der Waals surface area contributed by atoms with Crippen LogP contribution in [0.25, 0.3) is 0 Å². The summed E-state index contributed by atoms with van der Waals surface area (Å²) in [6.45, 7) is 5.09. The molecule has 1 atom stereocenters. The highest BCUT2D eigenvalue weighted by atomic mass is 35.5. The fraction of sp³-hybridized carbons (Fsp3) is 1.00. The fourth-order valence-corrected chi connectivity index (χ4v) is 1.50. The van der Waals surface area contributed by atoms with Crippen molar-refractivity contribution in [3.05, 3.63) is 0 Å². The normalized spacial score (nSPS) is 15.6. The standard InChI is InChI=1S/C11H27N2O.ClH/c1-6-8-9-10-12-11(14,7-2)13(3,4)5;/h12,14H,6-10H2,1-5H3;1H/q+1;/p-1. The summed E-state index contributed by atoms with van der Waals surface area (Å²) < 4.78 is 0.537. The third kappa shape index (κ3) is 5.71. The van der Waals surface area contributed by atoms with Gasteiger partial charge in [-0.2, -0.15) is 0 Å². The van der Waals surface area contributed by atoms with Crippen LogP contribution in [-0.2, 0) is 0 Å². The second kappa shape index (κ2) is 7.44. The summed E-state index contributed by atoms with van der Waals surface area (Å²) in [4.78, 5) is 0. The van der Waals surface area contributed by atoms with Crippen molar-refractivity contribution in [2.75, 3.05) is 27.7 Å². The van der Waals surface area contributed by atoms with Crippen LogP contribution in [-0.4, -0.2) is 43.1 Å². The van der Waals surface area contributed by atoms with E-state index in [1.54, 1.807) is 0 Å². The van der Waals surface area contributed by atoms with Crippen molar-refractivity contribution >= 4 is 0 Å². The van der Waals surface area contributed by atoms with Gasteiger partial charge in [0.1, 0.15) is 0 Å². The molecule has 0 aliphatic carbocycles. The van der Waals surface area contributed by atoms with Crippen LogP contribution < -0.4 is 17.7 Å². The van der Waals surface area contributed by atoms with Crippen molar-refractivity contribution in [3.63, 3.8) is 0 Å². The average molecular weight is 239 g/mol. The minimum Gasteiger partial charge on any atom is -1.00 e. The van der Waals surface area contributed by atoms with E-state index in [1.807, 2.05) is 28.1 Å². The summed E-state index contributed by atoms with van der Waals surface area (Å²) in [5, 5.41) is 13.6. The smallest absolute Gasteiger partial charge is 0.259 e. The van der Waals surface area contributed by atoms with Crippen LogP contribution in [0.3, 0.4) is 0 Å². The Labute approximate surface area is 101 Å². The summed E-state index contributed by atoms with van der Waals surface area (Å²) in [5.41, 5.74) is 0. The fourth-order valence-electron chi connectivity index (χ4n) is 1.50. The molecule has 0 saturated carbocycles. The average Bonchev–Trinajstić information content (AvgIpc) is 2.10. The van der Waals surface area contributed by atoms with E-state index in [9.17, 15) is 5.11 Å². The monoisotopic (exact) mass is 238 g/mol. The lowest BCUT2D eigenvalue weighted by atomic mass is 10.2. The minimum absolute atomic E-state index is 0. The van der Waals surface area contributed by atoms with Crippen molar-refractivity contribution in [3.8, 4) is 0 Å². The van der Waals surface area contributed by atoms with Crippen molar-refractivity contribution in [1.82, 2.24) is 5.32 Å². The Hall–Kier alpha value is 0.170. The van der Waals surface area contributed by atoms with E-state index in [-0.39, 0.29) is 12.4 Å². The van der Waals surface area contributed by atoms with E-state index in [2.05, 4.69) is 12.2 Å². The molecular weight excluding hydrogens is 212 g/mol. The molecule has 1 unspecified atom stereocenters. The third-order valence-corrected chi connectivity index (χ3v) is 2.79. The van der Waals surface area contributed by atoms with E-state index < -0.39 is 5.85 Å². The van der Waals surface area contributed by atoms with Gasteiger partial charge in [0.25, 0.3) is 5.85 Å². The lowest BCUT2D eigenvalue weighted by molar-refractivity contribution is -0.955. The zero-order valence-corrected chi connectivity index (χ0v) is 11.6. The maximum atomic E-state index is 10.3. The van der Waals surface area contributed by atoms with Crippen LogP contribution in [0.1, 0.15) is 39.5 Å². The number of aliphatic hydroxyl groups is 1. The Bertz CT molecular complexity index is 159. The molecule has 0 aromatic carbocycles. The van der Waals surface area contributed by atoms with Crippen molar-refractivity contribution in [2.24, 2.45) is 0 Å². The maximum absolute atomic E-state index is 10.3. The molecule has 0 amide bonds. The number of unbranched alkanes of at least 4 members (excludes halogenated alkanes) is 2. The maximum Gasteiger partial charge on any atom is 0.259 e. The molecule has 15 heavy (non-hydrogen) atoms. The van der Waals surface area contributed by atoms with E-state index in [0.29, 0.717) is 4.48 Å². The summed E-state index contributed by atoms with van der Waals surface area (Å²) in [6.07, 6.45) is 4.31. The van der Waals surface area contributed by atoms with Crippen molar-refractivity contribution < 1.29 is 22.0 Å². The van der Waals surface area contributed by atoms with Gasteiger partial charge in [-0.05, 0) is 6.42 Å². The molecule has 0 rings (SSSR count). The first-order valence-corrected chi connectivity index (χ1v) is 5.66. The van der Waals surface area contributed by atoms with Gasteiger partial charge >= 0.3 is 0 Å². The lowest BCUT2D eigenvalue weighted by Gasteiger charge is -2.41. The van der Waals surface area contributed by atoms with Gasteiger partial charge in [0.2, 0.25) is 0 Å². The molecule has 0 fully saturated rings. The molecule has 3 nitrogen and oxygen atoms in total. The van der Waals surface area contributed by atoms with Gasteiger partial charge < -0.3 is 17.5 Å². The number of halogens is 1. The molecular formula is C11H27ClN2O. The molecule has 0 spiro atoms. The number of nitrogens with one attached hydrogen (secondary N) is 1. The van der Waals surface area contributed by atoms with E-state index >= 15 is 0 Å². The Morgan fingerprint density at radius 3 is 2.00 bits per heavy atom. The Morgan fingerprint density at radius 1 is 1.13 bits per heavy atom. The largest absolute Gasteiger partial charge is 1.00 e. The predicted molar refractivity (Wildman–Crippen MR) is 60.8 cm³/mol. The summed E-state index contributed by atoms with van der Waals surface area (Å²) in [6, 6.07) is 0. The molecule has 0 aliphatic heterocycles. The van der Waals surface area contributed by atoms with Crippen LogP contribution in [0.5, 0.6) is 0 Å². The number of hydrogen-bond donors (Lipinski definition) is 2. The number of hydrogen-bond acceptors (Lipinski definition) is 2. The molecule has 0 radical (unpaired) electrons. The Morgan fingerprint density at radius 2 is 1.67 bits per heavy atom. The van der Waals surface area contributed by atoms with Gasteiger partial charge in [-0.25, -0.2) is 5.32 Å². The van der Waals surface area contributed by atoms with Gasteiger partial charge in [-0.1, -0.05) is 26.7 Å². The van der Waals surface area contributed by atoms with Gasteiger partial charge in [0.15, 0.2) is 0 Å². The first-order valence-electron chi connectivity index (χ1n) is 5.66. The number of nitrogens with zero attached hydrogens (tertiary/aromatic N) is 1. The molecule has 0 bridgehead atoms. The van der Waals surface area contributed by atoms with E-state index in [4.69, 9.17) is 0 Å². The lowest BCUT2D eigenvalue weighted by Crippen LogP contribution is -3.00. The van der Waals surface area contributed by atoms with Crippen LogP contribution >= 0.6 is 0 Å². The van der Waals surface area contributed by atoms with Gasteiger partial charge in [0.05, 0.1) is 21.1 Å². The van der Waals surface area contributed by atoms with Gasteiger partial charge in [-0.15, -0.1) is 0 Å². The molecule has 94 valence electrons.